The van der Waals surface area contributed by atoms with Gasteiger partial charge in [0.2, 0.25) is 5.95 Å². The summed E-state index contributed by atoms with van der Waals surface area (Å²) in [5, 5.41) is 5.27. The van der Waals surface area contributed by atoms with Crippen molar-refractivity contribution < 1.29 is 17.6 Å². The Balaban J connectivity index is 1.68. The van der Waals surface area contributed by atoms with E-state index in [4.69, 9.17) is 0 Å². The van der Waals surface area contributed by atoms with E-state index in [-0.39, 0.29) is 22.9 Å². The molecule has 6 nitrogen and oxygen atoms in total. The van der Waals surface area contributed by atoms with Gasteiger partial charge in [-0.25, -0.2) is 14.4 Å². The van der Waals surface area contributed by atoms with E-state index in [0.717, 1.165) is 10.0 Å². The molecule has 0 radical (unpaired) electrons. The first-order valence-electron chi connectivity index (χ1n) is 9.36. The monoisotopic (exact) mass is 506 g/mol. The second kappa shape index (κ2) is 9.03. The third kappa shape index (κ3) is 5.47. The SMILES string of the molecule is Fc1ccc(-c2cnc3nc(NCc4ccc(Br)cc4)nc(NCC(F)(F)F)c3n2)cc1. The Hall–Kier alpha value is -3.34. The summed E-state index contributed by atoms with van der Waals surface area (Å²) in [4.78, 5) is 17.1. The van der Waals surface area contributed by atoms with Gasteiger partial charge in [0.1, 0.15) is 12.4 Å². The molecule has 0 aliphatic carbocycles. The van der Waals surface area contributed by atoms with E-state index < -0.39 is 18.5 Å². The maximum atomic E-state index is 13.2. The van der Waals surface area contributed by atoms with Gasteiger partial charge in [-0.1, -0.05) is 28.1 Å². The minimum atomic E-state index is -4.45. The largest absolute Gasteiger partial charge is 0.405 e. The van der Waals surface area contributed by atoms with Gasteiger partial charge in [-0.3, -0.25) is 0 Å². The van der Waals surface area contributed by atoms with Gasteiger partial charge < -0.3 is 10.6 Å². The Morgan fingerprint density at radius 2 is 1.59 bits per heavy atom. The van der Waals surface area contributed by atoms with Gasteiger partial charge in [-0.05, 0) is 42.0 Å². The van der Waals surface area contributed by atoms with Crippen LogP contribution in [0.15, 0.2) is 59.2 Å². The van der Waals surface area contributed by atoms with Crippen molar-refractivity contribution in [2.24, 2.45) is 0 Å². The van der Waals surface area contributed by atoms with E-state index in [0.29, 0.717) is 17.8 Å². The minimum Gasteiger partial charge on any atom is -0.359 e. The van der Waals surface area contributed by atoms with Crippen LogP contribution >= 0.6 is 15.9 Å². The van der Waals surface area contributed by atoms with E-state index in [1.807, 2.05) is 24.3 Å². The van der Waals surface area contributed by atoms with E-state index in [9.17, 15) is 17.6 Å². The quantitative estimate of drug-likeness (QED) is 0.333. The summed E-state index contributed by atoms with van der Waals surface area (Å²) in [5.41, 5.74) is 2.03. The number of nitrogens with one attached hydrogen (secondary N) is 2. The topological polar surface area (TPSA) is 75.6 Å². The van der Waals surface area contributed by atoms with Crippen molar-refractivity contribution >= 4 is 38.9 Å². The van der Waals surface area contributed by atoms with Crippen LogP contribution in [0.5, 0.6) is 0 Å². The van der Waals surface area contributed by atoms with Crippen LogP contribution in [0.4, 0.5) is 29.3 Å². The van der Waals surface area contributed by atoms with Crippen LogP contribution in [0.25, 0.3) is 22.4 Å². The van der Waals surface area contributed by atoms with Gasteiger partial charge in [0.25, 0.3) is 0 Å². The molecule has 2 aromatic heterocycles. The molecule has 11 heteroatoms. The number of aromatic nitrogens is 4. The van der Waals surface area contributed by atoms with Crippen molar-refractivity contribution in [3.63, 3.8) is 0 Å². The lowest BCUT2D eigenvalue weighted by molar-refractivity contribution is -0.115. The van der Waals surface area contributed by atoms with Crippen molar-refractivity contribution in [3.05, 3.63) is 70.6 Å². The standard InChI is InChI=1S/C21H15BrF4N6/c22-14-5-1-12(2-6-14)9-28-20-31-18-17(19(32-20)29-11-21(24,25)26)30-16(10-27-18)13-3-7-15(23)8-4-13/h1-8,10H,9,11H2,(H2,27,28,29,31,32). The Labute approximate surface area is 188 Å². The third-order valence-corrected chi connectivity index (χ3v) is 4.90. The fourth-order valence-electron chi connectivity index (χ4n) is 2.84. The highest BCUT2D eigenvalue weighted by atomic mass is 79.9. The molecule has 0 fully saturated rings. The Bertz CT molecular complexity index is 1230. The molecule has 0 unspecified atom stereocenters. The highest BCUT2D eigenvalue weighted by molar-refractivity contribution is 9.10. The van der Waals surface area contributed by atoms with Gasteiger partial charge in [0.15, 0.2) is 17.0 Å². The molecule has 0 aliphatic heterocycles. The van der Waals surface area contributed by atoms with Crippen LogP contribution in [0, 0.1) is 5.82 Å². The minimum absolute atomic E-state index is 0.0743. The summed E-state index contributed by atoms with van der Waals surface area (Å²) in [6.07, 6.45) is -3.03. The molecule has 0 amide bonds. The lowest BCUT2D eigenvalue weighted by Gasteiger charge is -2.13. The number of nitrogens with zero attached hydrogens (tertiary/aromatic N) is 4. The van der Waals surface area contributed by atoms with Crippen molar-refractivity contribution in [2.45, 2.75) is 12.7 Å². The molecule has 0 atom stereocenters. The lowest BCUT2D eigenvalue weighted by atomic mass is 10.1. The van der Waals surface area contributed by atoms with E-state index in [2.05, 4.69) is 46.5 Å². The third-order valence-electron chi connectivity index (χ3n) is 4.37. The fourth-order valence-corrected chi connectivity index (χ4v) is 3.10. The van der Waals surface area contributed by atoms with Crippen molar-refractivity contribution in [1.82, 2.24) is 19.9 Å². The maximum absolute atomic E-state index is 13.2. The van der Waals surface area contributed by atoms with Gasteiger partial charge in [0, 0.05) is 16.6 Å². The number of alkyl halides is 3. The number of anilines is 2. The molecule has 2 N–H and O–H groups in total. The molecule has 0 saturated heterocycles. The molecule has 2 aromatic carbocycles. The zero-order valence-electron chi connectivity index (χ0n) is 16.3. The summed E-state index contributed by atoms with van der Waals surface area (Å²) < 4.78 is 52.6. The van der Waals surface area contributed by atoms with Crippen molar-refractivity contribution in [3.8, 4) is 11.3 Å². The van der Waals surface area contributed by atoms with Gasteiger partial charge in [-0.2, -0.15) is 23.1 Å². The number of fused-ring (bicyclic) bond motifs is 1. The molecule has 0 bridgehead atoms. The average molecular weight is 507 g/mol. The van der Waals surface area contributed by atoms with Gasteiger partial charge >= 0.3 is 6.18 Å². The van der Waals surface area contributed by atoms with Gasteiger partial charge in [0.05, 0.1) is 11.9 Å². The highest BCUT2D eigenvalue weighted by Crippen LogP contribution is 2.25. The number of hydrogen-bond donors (Lipinski definition) is 2. The van der Waals surface area contributed by atoms with E-state index in [1.54, 1.807) is 0 Å². The summed E-state index contributed by atoms with van der Waals surface area (Å²) in [6.45, 7) is -0.938. The summed E-state index contributed by atoms with van der Waals surface area (Å²) >= 11 is 3.36. The van der Waals surface area contributed by atoms with E-state index in [1.165, 1.54) is 30.5 Å². The first kappa shape index (κ1) is 21.9. The van der Waals surface area contributed by atoms with Gasteiger partial charge in [-0.15, -0.1) is 0 Å². The van der Waals surface area contributed by atoms with Crippen LogP contribution in [-0.4, -0.2) is 32.7 Å². The van der Waals surface area contributed by atoms with Crippen molar-refractivity contribution in [1.29, 1.82) is 0 Å². The number of hydrogen-bond acceptors (Lipinski definition) is 6. The van der Waals surface area contributed by atoms with E-state index >= 15 is 0 Å². The Kier molecular flexibility index (Phi) is 6.17. The average Bonchev–Trinajstić information content (AvgIpc) is 2.77. The Morgan fingerprint density at radius 3 is 2.28 bits per heavy atom. The molecule has 0 saturated carbocycles. The molecular weight excluding hydrogens is 492 g/mol. The van der Waals surface area contributed by atoms with Crippen molar-refractivity contribution in [2.75, 3.05) is 17.2 Å². The number of halogens is 5. The normalized spacial score (nSPS) is 11.5. The first-order valence-corrected chi connectivity index (χ1v) is 10.2. The lowest BCUT2D eigenvalue weighted by Crippen LogP contribution is -2.22. The second-order valence-corrected chi connectivity index (χ2v) is 7.69. The summed E-state index contributed by atoms with van der Waals surface area (Å²) in [5.74, 6) is -0.420. The smallest absolute Gasteiger partial charge is 0.359 e. The van der Waals surface area contributed by atoms with Crippen LogP contribution in [-0.2, 0) is 6.54 Å². The molecule has 32 heavy (non-hydrogen) atoms. The highest BCUT2D eigenvalue weighted by Gasteiger charge is 2.27. The molecule has 4 rings (SSSR count). The predicted molar refractivity (Wildman–Crippen MR) is 117 cm³/mol. The predicted octanol–water partition coefficient (Wildman–Crippen LogP) is 5.57. The number of benzene rings is 2. The molecule has 2 heterocycles. The van der Waals surface area contributed by atoms with Crippen LogP contribution < -0.4 is 10.6 Å². The molecule has 164 valence electrons. The summed E-state index contributed by atoms with van der Waals surface area (Å²) in [7, 11) is 0. The molecule has 4 aromatic rings. The maximum Gasteiger partial charge on any atom is 0.405 e. The zero-order chi connectivity index (χ0) is 22.7. The second-order valence-electron chi connectivity index (χ2n) is 6.78. The van der Waals surface area contributed by atoms with Crippen LogP contribution in [0.2, 0.25) is 0 Å². The van der Waals surface area contributed by atoms with Crippen LogP contribution in [0.3, 0.4) is 0 Å². The number of rotatable bonds is 6. The Morgan fingerprint density at radius 1 is 0.875 bits per heavy atom. The molecule has 0 aliphatic rings. The first-order chi connectivity index (χ1) is 15.3. The zero-order valence-corrected chi connectivity index (χ0v) is 17.9. The fraction of sp³-hybridized carbons (Fsp3) is 0.143. The summed E-state index contributed by atoms with van der Waals surface area (Å²) in [6, 6.07) is 13.0. The molecule has 0 spiro atoms. The molecular formula is C21H15BrF4N6. The van der Waals surface area contributed by atoms with Crippen LogP contribution in [0.1, 0.15) is 5.56 Å².